The van der Waals surface area contributed by atoms with Gasteiger partial charge in [0, 0.05) is 12.0 Å². The molecular formula is C28H16F12O. The number of aryl methyl sites for hydroxylation is 1. The largest absolute Gasteiger partial charge is 0.421 e. The summed E-state index contributed by atoms with van der Waals surface area (Å²) in [5.74, 6) is -13.6. The van der Waals surface area contributed by atoms with Crippen LogP contribution in [0.1, 0.15) is 34.6 Å². The van der Waals surface area contributed by atoms with Crippen LogP contribution >= 0.6 is 0 Å². The molecule has 0 saturated carbocycles. The van der Waals surface area contributed by atoms with E-state index >= 15 is 4.39 Å². The van der Waals surface area contributed by atoms with Crippen LogP contribution < -0.4 is 0 Å². The van der Waals surface area contributed by atoms with Gasteiger partial charge in [0.1, 0.15) is 51.9 Å². The number of halogens is 12. The first-order valence-electron chi connectivity index (χ1n) is 11.6. The molecule has 2 aliphatic carbocycles. The Morgan fingerprint density at radius 1 is 0.780 bits per heavy atom. The number of hydrogen-bond acceptors (Lipinski definition) is 1. The molecule has 218 valence electrons. The van der Waals surface area contributed by atoms with Gasteiger partial charge in [-0.2, -0.15) is 22.0 Å². The summed E-state index contributed by atoms with van der Waals surface area (Å²) < 4.78 is 173. The van der Waals surface area contributed by atoms with Gasteiger partial charge in [-0.3, -0.25) is 0 Å². The zero-order chi connectivity index (χ0) is 30.4. The molecule has 2 aromatic rings. The number of alkyl halides is 5. The van der Waals surface area contributed by atoms with Gasteiger partial charge in [-0.1, -0.05) is 12.1 Å². The van der Waals surface area contributed by atoms with Crippen molar-refractivity contribution in [1.29, 1.82) is 0 Å². The van der Waals surface area contributed by atoms with Crippen LogP contribution in [0, 0.1) is 24.4 Å². The van der Waals surface area contributed by atoms with Crippen LogP contribution in [0.25, 0.3) is 5.57 Å². The summed E-state index contributed by atoms with van der Waals surface area (Å²) in [5.41, 5.74) is -5.05. The van der Waals surface area contributed by atoms with Crippen molar-refractivity contribution in [3.05, 3.63) is 123 Å². The third-order valence-electron chi connectivity index (χ3n) is 6.17. The van der Waals surface area contributed by atoms with E-state index in [1.54, 1.807) is 6.92 Å². The fraction of sp³-hybridized carbons (Fsp3) is 0.214. The van der Waals surface area contributed by atoms with E-state index in [4.69, 9.17) is 0 Å². The molecule has 13 heteroatoms. The highest BCUT2D eigenvalue weighted by molar-refractivity contribution is 5.78. The van der Waals surface area contributed by atoms with Crippen molar-refractivity contribution in [2.45, 2.75) is 37.7 Å². The van der Waals surface area contributed by atoms with Crippen LogP contribution in [-0.4, -0.2) is 12.3 Å². The predicted octanol–water partition coefficient (Wildman–Crippen LogP) is 9.78. The first-order valence-corrected chi connectivity index (χ1v) is 11.6. The van der Waals surface area contributed by atoms with Gasteiger partial charge in [-0.25, -0.2) is 30.7 Å². The smallest absolute Gasteiger partial charge is 0.308 e. The third-order valence-corrected chi connectivity index (χ3v) is 6.17. The fourth-order valence-corrected chi connectivity index (χ4v) is 4.36. The molecule has 0 heterocycles. The topological polar surface area (TPSA) is 9.23 Å². The molecule has 2 atom stereocenters. The molecular weight excluding hydrogens is 580 g/mol. The van der Waals surface area contributed by atoms with Crippen molar-refractivity contribution in [3.63, 3.8) is 0 Å². The second kappa shape index (κ2) is 10.9. The van der Waals surface area contributed by atoms with Gasteiger partial charge in [0.05, 0.1) is 12.0 Å². The van der Waals surface area contributed by atoms with Crippen LogP contribution in [0.2, 0.25) is 0 Å². The number of allylic oxidation sites excluding steroid dienone is 8. The molecule has 0 saturated heterocycles. The Balaban J connectivity index is 1.63. The van der Waals surface area contributed by atoms with Crippen molar-refractivity contribution in [3.8, 4) is 0 Å². The normalized spacial score (nSPS) is 20.3. The molecule has 2 unspecified atom stereocenters. The van der Waals surface area contributed by atoms with E-state index in [0.717, 1.165) is 12.1 Å². The highest BCUT2D eigenvalue weighted by Crippen LogP contribution is 2.44. The fourth-order valence-electron chi connectivity index (χ4n) is 4.36. The minimum absolute atomic E-state index is 0.120. The molecule has 0 bridgehead atoms. The minimum Gasteiger partial charge on any atom is -0.308 e. The van der Waals surface area contributed by atoms with Gasteiger partial charge in [0.15, 0.2) is 0 Å². The first kappa shape index (κ1) is 30.2. The minimum atomic E-state index is -5.48. The lowest BCUT2D eigenvalue weighted by molar-refractivity contribution is -0.268. The predicted molar refractivity (Wildman–Crippen MR) is 123 cm³/mol. The molecule has 1 nitrogen and oxygen atoms in total. The summed E-state index contributed by atoms with van der Waals surface area (Å²) in [7, 11) is 0. The Morgan fingerprint density at radius 2 is 1.41 bits per heavy atom. The summed E-state index contributed by atoms with van der Waals surface area (Å²) in [4.78, 5) is 0. The lowest BCUT2D eigenvalue weighted by Crippen LogP contribution is -2.30. The van der Waals surface area contributed by atoms with Gasteiger partial charge in [0.25, 0.3) is 0 Å². The lowest BCUT2D eigenvalue weighted by atomic mass is 9.94. The van der Waals surface area contributed by atoms with Gasteiger partial charge in [0.2, 0.25) is 0 Å². The Hall–Kier alpha value is -3.74. The zero-order valence-electron chi connectivity index (χ0n) is 20.5. The number of rotatable bonds is 5. The Morgan fingerprint density at radius 3 is 1.98 bits per heavy atom. The van der Waals surface area contributed by atoms with Gasteiger partial charge >= 0.3 is 12.3 Å². The van der Waals surface area contributed by atoms with E-state index in [-0.39, 0.29) is 29.3 Å². The molecule has 41 heavy (non-hydrogen) atoms. The van der Waals surface area contributed by atoms with Crippen molar-refractivity contribution in [2.24, 2.45) is 0 Å². The monoisotopic (exact) mass is 596 g/mol. The molecule has 2 aromatic carbocycles. The summed E-state index contributed by atoms with van der Waals surface area (Å²) >= 11 is 0. The molecule has 0 aliphatic heterocycles. The lowest BCUT2D eigenvalue weighted by Gasteiger charge is -2.26. The van der Waals surface area contributed by atoms with Crippen LogP contribution in [0.5, 0.6) is 0 Å². The quantitative estimate of drug-likeness (QED) is 0.313. The van der Waals surface area contributed by atoms with Gasteiger partial charge in [-0.05, 0) is 66.1 Å². The third kappa shape index (κ3) is 6.29. The van der Waals surface area contributed by atoms with Crippen molar-refractivity contribution >= 4 is 5.57 Å². The summed E-state index contributed by atoms with van der Waals surface area (Å²) in [6, 6.07) is 4.29. The molecule has 4 rings (SSSR count). The van der Waals surface area contributed by atoms with E-state index in [1.165, 1.54) is 12.1 Å². The second-order valence-electron chi connectivity index (χ2n) is 9.17. The van der Waals surface area contributed by atoms with E-state index in [1.807, 2.05) is 0 Å². The number of ether oxygens (including phenoxy) is 1. The number of benzene rings is 2. The Labute approximate surface area is 224 Å². The molecule has 0 amide bonds. The second-order valence-corrected chi connectivity index (χ2v) is 9.17. The highest BCUT2D eigenvalue weighted by atomic mass is 19.4. The van der Waals surface area contributed by atoms with Crippen LogP contribution in [-0.2, 0) is 10.8 Å². The van der Waals surface area contributed by atoms with Crippen molar-refractivity contribution in [2.75, 3.05) is 0 Å². The molecule has 0 spiro atoms. The zero-order valence-corrected chi connectivity index (χ0v) is 20.5. The van der Waals surface area contributed by atoms with Crippen LogP contribution in [0.15, 0.2) is 83.5 Å². The summed E-state index contributed by atoms with van der Waals surface area (Å²) in [5, 5.41) is 0. The Kier molecular flexibility index (Phi) is 8.05. The van der Waals surface area contributed by atoms with Crippen molar-refractivity contribution < 1.29 is 57.4 Å². The molecule has 0 N–H and O–H groups in total. The van der Waals surface area contributed by atoms with Crippen LogP contribution in [0.3, 0.4) is 0 Å². The van der Waals surface area contributed by atoms with E-state index in [0.29, 0.717) is 17.7 Å². The van der Waals surface area contributed by atoms with E-state index in [9.17, 15) is 48.3 Å². The molecule has 0 fully saturated rings. The van der Waals surface area contributed by atoms with Crippen LogP contribution in [0.4, 0.5) is 52.7 Å². The maximum absolute atomic E-state index is 15.1. The van der Waals surface area contributed by atoms with Crippen molar-refractivity contribution in [1.82, 2.24) is 0 Å². The van der Waals surface area contributed by atoms with Gasteiger partial charge in [-0.15, -0.1) is 0 Å². The summed E-state index contributed by atoms with van der Waals surface area (Å²) in [6.07, 6.45) is -12.5. The average Bonchev–Trinajstić information content (AvgIpc) is 2.94. The SMILES string of the molecule is Cc1ccc(C2=CC(F)=CC(c3cc(F)c(C(F)(F)OC4C=C(F)C(C(F)(F)F)=C(F)C4)c(F)c3)C(F)=C2)c(F)c1. The standard InChI is InChI=1S/C28H16F12O/c1-12-2-3-17(19(30)4-12)13-5-15(29)9-18(20(31)6-13)14-7-21(32)26(22(33)8-14)28(39,40)41-16-10-23(34)25(24(35)11-16)27(36,37)38/h2-10,16,18H,11H2,1H3. The highest BCUT2D eigenvalue weighted by Gasteiger charge is 2.46. The maximum Gasteiger partial charge on any atom is 0.421 e. The van der Waals surface area contributed by atoms with Gasteiger partial charge < -0.3 is 4.74 Å². The molecule has 2 aliphatic rings. The van der Waals surface area contributed by atoms with E-state index in [2.05, 4.69) is 4.74 Å². The maximum atomic E-state index is 15.1. The Bertz CT molecular complexity index is 1520. The summed E-state index contributed by atoms with van der Waals surface area (Å²) in [6.45, 7) is 1.58. The van der Waals surface area contributed by atoms with E-state index < -0.39 is 88.2 Å². The number of hydrogen-bond donors (Lipinski definition) is 0. The molecule has 0 aromatic heterocycles. The average molecular weight is 596 g/mol. The first-order chi connectivity index (χ1) is 19.0. The molecule has 0 radical (unpaired) electrons.